The highest BCUT2D eigenvalue weighted by molar-refractivity contribution is 5.87. The number of aromatic nitrogens is 1. The Labute approximate surface area is 131 Å². The molecule has 23 heavy (non-hydrogen) atoms. The van der Waals surface area contributed by atoms with Gasteiger partial charge < -0.3 is 10.3 Å². The van der Waals surface area contributed by atoms with Gasteiger partial charge >= 0.3 is 6.18 Å². The Morgan fingerprint density at radius 2 is 2.00 bits per heavy atom. The van der Waals surface area contributed by atoms with E-state index in [1.54, 1.807) is 12.1 Å². The van der Waals surface area contributed by atoms with Gasteiger partial charge in [-0.05, 0) is 43.9 Å². The first-order chi connectivity index (χ1) is 10.7. The van der Waals surface area contributed by atoms with Gasteiger partial charge in [-0.3, -0.25) is 4.79 Å². The zero-order chi connectivity index (χ0) is 16.8. The molecular weight excluding hydrogens is 305 g/mol. The molecular formula is C17H19F3N2O. The van der Waals surface area contributed by atoms with Gasteiger partial charge in [0.2, 0.25) is 5.56 Å². The first-order valence-electron chi connectivity index (χ1n) is 7.77. The second kappa shape index (κ2) is 5.28. The monoisotopic (exact) mass is 324 g/mol. The zero-order valence-corrected chi connectivity index (χ0v) is 13.1. The van der Waals surface area contributed by atoms with Crippen LogP contribution in [0.3, 0.4) is 0 Å². The maximum absolute atomic E-state index is 13.2. The Morgan fingerprint density at radius 3 is 2.65 bits per heavy atom. The van der Waals surface area contributed by atoms with E-state index in [2.05, 4.69) is 24.1 Å². The number of aryl methyl sites for hydroxylation is 1. The minimum atomic E-state index is -4.54. The van der Waals surface area contributed by atoms with Crippen molar-refractivity contribution < 1.29 is 13.2 Å². The largest absolute Gasteiger partial charge is 0.417 e. The SMILES string of the molecule is CCCC1(C)CCc2cc3c(C(F)(F)F)cc(=O)[nH]c3cc2N1. The lowest BCUT2D eigenvalue weighted by Crippen LogP contribution is -2.38. The molecule has 2 heterocycles. The van der Waals surface area contributed by atoms with Gasteiger partial charge in [0.1, 0.15) is 0 Å². The molecule has 1 aromatic heterocycles. The number of H-pyrrole nitrogens is 1. The topological polar surface area (TPSA) is 44.9 Å². The quantitative estimate of drug-likeness (QED) is 0.856. The van der Waals surface area contributed by atoms with Crippen molar-refractivity contribution in [1.29, 1.82) is 0 Å². The molecule has 0 saturated carbocycles. The number of halogens is 3. The van der Waals surface area contributed by atoms with Crippen LogP contribution in [0.2, 0.25) is 0 Å². The number of nitrogens with one attached hydrogen (secondary N) is 2. The van der Waals surface area contributed by atoms with Crippen LogP contribution in [0.15, 0.2) is 23.0 Å². The maximum atomic E-state index is 13.2. The molecule has 0 saturated heterocycles. The van der Waals surface area contributed by atoms with Crippen LogP contribution in [-0.4, -0.2) is 10.5 Å². The summed E-state index contributed by atoms with van der Waals surface area (Å²) in [5.74, 6) is 0. The zero-order valence-electron chi connectivity index (χ0n) is 13.1. The van der Waals surface area contributed by atoms with Crippen molar-refractivity contribution in [3.05, 3.63) is 39.7 Å². The van der Waals surface area contributed by atoms with Gasteiger partial charge in [0.25, 0.3) is 0 Å². The van der Waals surface area contributed by atoms with Crippen LogP contribution in [0.1, 0.15) is 44.2 Å². The van der Waals surface area contributed by atoms with E-state index >= 15 is 0 Å². The minimum Gasteiger partial charge on any atom is -0.380 e. The van der Waals surface area contributed by atoms with E-state index in [0.717, 1.165) is 36.9 Å². The fourth-order valence-electron chi connectivity index (χ4n) is 3.44. The van der Waals surface area contributed by atoms with Crippen LogP contribution in [0.25, 0.3) is 10.9 Å². The summed E-state index contributed by atoms with van der Waals surface area (Å²) in [5.41, 5.74) is 0.227. The van der Waals surface area contributed by atoms with Crippen LogP contribution in [-0.2, 0) is 12.6 Å². The molecule has 3 nitrogen and oxygen atoms in total. The first kappa shape index (κ1) is 15.9. The minimum absolute atomic E-state index is 0.0525. The predicted octanol–water partition coefficient (Wildman–Crippen LogP) is 4.46. The van der Waals surface area contributed by atoms with Crippen LogP contribution in [0, 0.1) is 0 Å². The van der Waals surface area contributed by atoms with Crippen LogP contribution in [0.4, 0.5) is 18.9 Å². The summed E-state index contributed by atoms with van der Waals surface area (Å²) in [6.45, 7) is 4.23. The smallest absolute Gasteiger partial charge is 0.380 e. The molecule has 0 fully saturated rings. The average molecular weight is 324 g/mol. The Hall–Kier alpha value is -1.98. The number of rotatable bonds is 2. The number of benzene rings is 1. The van der Waals surface area contributed by atoms with E-state index in [-0.39, 0.29) is 16.4 Å². The summed E-state index contributed by atoms with van der Waals surface area (Å²) in [6, 6.07) is 3.82. The summed E-state index contributed by atoms with van der Waals surface area (Å²) >= 11 is 0. The molecule has 2 aromatic rings. The third kappa shape index (κ3) is 2.94. The molecule has 0 amide bonds. The molecule has 1 aliphatic rings. The summed E-state index contributed by atoms with van der Waals surface area (Å²) in [5, 5.41) is 3.49. The average Bonchev–Trinajstić information content (AvgIpc) is 2.43. The van der Waals surface area contributed by atoms with Crippen LogP contribution in [0.5, 0.6) is 0 Å². The molecule has 1 aliphatic heterocycles. The van der Waals surface area contributed by atoms with Crippen molar-refractivity contribution in [3.8, 4) is 0 Å². The summed E-state index contributed by atoms with van der Waals surface area (Å²) in [7, 11) is 0. The van der Waals surface area contributed by atoms with Gasteiger partial charge in [0.05, 0.1) is 11.1 Å². The van der Waals surface area contributed by atoms with Gasteiger partial charge in [-0.1, -0.05) is 13.3 Å². The molecule has 1 aromatic carbocycles. The number of pyridine rings is 1. The maximum Gasteiger partial charge on any atom is 0.417 e. The molecule has 0 spiro atoms. The van der Waals surface area contributed by atoms with Crippen LogP contribution < -0.4 is 10.9 Å². The van der Waals surface area contributed by atoms with E-state index in [1.165, 1.54) is 0 Å². The van der Waals surface area contributed by atoms with E-state index in [4.69, 9.17) is 0 Å². The number of fused-ring (bicyclic) bond motifs is 2. The molecule has 6 heteroatoms. The highest BCUT2D eigenvalue weighted by atomic mass is 19.4. The Balaban J connectivity index is 2.17. The normalized spacial score (nSPS) is 21.1. The highest BCUT2D eigenvalue weighted by Crippen LogP contribution is 2.39. The third-order valence-corrected chi connectivity index (χ3v) is 4.56. The number of hydrogen-bond donors (Lipinski definition) is 2. The third-order valence-electron chi connectivity index (χ3n) is 4.56. The Morgan fingerprint density at radius 1 is 1.26 bits per heavy atom. The number of anilines is 1. The van der Waals surface area contributed by atoms with Crippen LogP contribution >= 0.6 is 0 Å². The van der Waals surface area contributed by atoms with Gasteiger partial charge in [-0.15, -0.1) is 0 Å². The first-order valence-corrected chi connectivity index (χ1v) is 7.77. The van der Waals surface area contributed by atoms with E-state index in [1.807, 2.05) is 0 Å². The lowest BCUT2D eigenvalue weighted by Gasteiger charge is -2.37. The Bertz CT molecular complexity index is 810. The molecule has 0 bridgehead atoms. The lowest BCUT2D eigenvalue weighted by atomic mass is 9.84. The predicted molar refractivity (Wildman–Crippen MR) is 84.8 cm³/mol. The summed E-state index contributed by atoms with van der Waals surface area (Å²) < 4.78 is 39.6. The van der Waals surface area contributed by atoms with Crippen molar-refractivity contribution in [3.63, 3.8) is 0 Å². The van der Waals surface area contributed by atoms with Crippen molar-refractivity contribution in [1.82, 2.24) is 4.98 Å². The number of aromatic amines is 1. The van der Waals surface area contributed by atoms with Crippen molar-refractivity contribution in [2.45, 2.75) is 51.2 Å². The molecule has 1 unspecified atom stereocenters. The second-order valence-corrected chi connectivity index (χ2v) is 6.54. The number of hydrogen-bond acceptors (Lipinski definition) is 2. The van der Waals surface area contributed by atoms with Gasteiger partial charge in [-0.2, -0.15) is 13.2 Å². The molecule has 1 atom stereocenters. The lowest BCUT2D eigenvalue weighted by molar-refractivity contribution is -0.136. The Kier molecular flexibility index (Phi) is 3.65. The van der Waals surface area contributed by atoms with Crippen molar-refractivity contribution >= 4 is 16.6 Å². The van der Waals surface area contributed by atoms with Crippen molar-refractivity contribution in [2.75, 3.05) is 5.32 Å². The fourth-order valence-corrected chi connectivity index (χ4v) is 3.44. The van der Waals surface area contributed by atoms with E-state index in [9.17, 15) is 18.0 Å². The molecule has 0 radical (unpaired) electrons. The van der Waals surface area contributed by atoms with Gasteiger partial charge in [-0.25, -0.2) is 0 Å². The molecule has 124 valence electrons. The van der Waals surface area contributed by atoms with Crippen molar-refractivity contribution in [2.24, 2.45) is 0 Å². The second-order valence-electron chi connectivity index (χ2n) is 6.54. The van der Waals surface area contributed by atoms with E-state index in [0.29, 0.717) is 6.07 Å². The van der Waals surface area contributed by atoms with E-state index < -0.39 is 17.3 Å². The molecule has 0 aliphatic carbocycles. The highest BCUT2D eigenvalue weighted by Gasteiger charge is 2.34. The molecule has 2 N–H and O–H groups in total. The molecule has 3 rings (SSSR count). The van der Waals surface area contributed by atoms with Gasteiger partial charge in [0, 0.05) is 22.7 Å². The summed E-state index contributed by atoms with van der Waals surface area (Å²) in [4.78, 5) is 14.1. The summed E-state index contributed by atoms with van der Waals surface area (Å²) in [6.07, 6.45) is -0.917. The van der Waals surface area contributed by atoms with Gasteiger partial charge in [0.15, 0.2) is 0 Å². The fraction of sp³-hybridized carbons (Fsp3) is 0.471. The number of alkyl halides is 3. The standard InChI is InChI=1S/C17H19F3N2O/c1-3-5-16(2)6-4-10-7-11-12(17(18,19)20)8-15(23)21-14(11)9-13(10)22-16/h7-9,22H,3-6H2,1-2H3,(H,21,23).